The Hall–Kier alpha value is -2.84. The molecule has 0 spiro atoms. The van der Waals surface area contributed by atoms with E-state index in [1.165, 1.54) is 4.31 Å². The van der Waals surface area contributed by atoms with Crippen molar-refractivity contribution in [2.24, 2.45) is 0 Å². The zero-order chi connectivity index (χ0) is 22.6. The Kier molecular flexibility index (Phi) is 5.02. The molecule has 32 heavy (non-hydrogen) atoms. The van der Waals surface area contributed by atoms with E-state index in [4.69, 9.17) is 9.15 Å². The highest BCUT2D eigenvalue weighted by molar-refractivity contribution is 7.93. The minimum Gasteiger partial charge on any atom is -0.449 e. The Balaban J connectivity index is 1.68. The highest BCUT2D eigenvalue weighted by Gasteiger charge is 2.36. The first kappa shape index (κ1) is 21.0. The normalized spacial score (nSPS) is 16.6. The minimum atomic E-state index is -3.89. The number of ether oxygens (including phenoxy) is 1. The van der Waals surface area contributed by atoms with E-state index in [9.17, 15) is 13.2 Å². The predicted octanol–water partition coefficient (Wildman–Crippen LogP) is 3.58. The number of furan rings is 1. The molecule has 7 nitrogen and oxygen atoms in total. The zero-order valence-electron chi connectivity index (χ0n) is 18.5. The van der Waals surface area contributed by atoms with Crippen LogP contribution >= 0.6 is 0 Å². The maximum absolute atomic E-state index is 13.9. The number of fused-ring (bicyclic) bond motifs is 2. The van der Waals surface area contributed by atoms with E-state index < -0.39 is 10.0 Å². The Morgan fingerprint density at radius 3 is 2.47 bits per heavy atom. The first-order valence-corrected chi connectivity index (χ1v) is 12.3. The fourth-order valence-corrected chi connectivity index (χ4v) is 6.56. The Morgan fingerprint density at radius 1 is 1.00 bits per heavy atom. The number of hydrogen-bond donors (Lipinski definition) is 0. The van der Waals surface area contributed by atoms with Crippen LogP contribution in [0.3, 0.4) is 0 Å². The molecule has 1 amide bonds. The molecule has 2 aromatic carbocycles. The highest BCUT2D eigenvalue weighted by Crippen LogP contribution is 2.40. The number of carbonyl (C=O) groups is 1. The molecule has 0 aliphatic carbocycles. The molecule has 1 saturated heterocycles. The van der Waals surface area contributed by atoms with E-state index >= 15 is 0 Å². The standard InChI is InChI=1S/C24H26N2O5S/c1-15-14-19-17(3)21(24(27)25-10-12-30-13-11-25)31-22(19)23(16(15)2)32(28,29)26-9-8-18-6-4-5-7-20(18)26/h4-7,14H,8-13H2,1-3H3. The average Bonchev–Trinajstić information content (AvgIpc) is 3.36. The van der Waals surface area contributed by atoms with Gasteiger partial charge in [-0.15, -0.1) is 0 Å². The van der Waals surface area contributed by atoms with Crippen molar-refractivity contribution in [2.75, 3.05) is 37.2 Å². The molecule has 0 atom stereocenters. The lowest BCUT2D eigenvalue weighted by Crippen LogP contribution is -2.40. The van der Waals surface area contributed by atoms with Crippen LogP contribution in [0.4, 0.5) is 5.69 Å². The van der Waals surface area contributed by atoms with Crippen molar-refractivity contribution in [3.8, 4) is 0 Å². The van der Waals surface area contributed by atoms with Crippen molar-refractivity contribution in [3.05, 3.63) is 58.3 Å². The van der Waals surface area contributed by atoms with Gasteiger partial charge in [0.1, 0.15) is 4.90 Å². The summed E-state index contributed by atoms with van der Waals surface area (Å²) in [6, 6.07) is 9.48. The van der Waals surface area contributed by atoms with Gasteiger partial charge in [-0.05, 0) is 56.0 Å². The van der Waals surface area contributed by atoms with Gasteiger partial charge in [-0.25, -0.2) is 8.42 Å². The third-order valence-electron chi connectivity index (χ3n) is 6.58. The van der Waals surface area contributed by atoms with Gasteiger partial charge in [-0.3, -0.25) is 9.10 Å². The van der Waals surface area contributed by atoms with Gasteiger partial charge < -0.3 is 14.1 Å². The summed E-state index contributed by atoms with van der Waals surface area (Å²) in [4.78, 5) is 15.0. The summed E-state index contributed by atoms with van der Waals surface area (Å²) < 4.78 is 40.7. The summed E-state index contributed by atoms with van der Waals surface area (Å²) >= 11 is 0. The summed E-state index contributed by atoms with van der Waals surface area (Å²) in [5, 5.41) is 0.663. The molecule has 3 heterocycles. The van der Waals surface area contributed by atoms with E-state index in [1.54, 1.807) is 11.8 Å². The lowest BCUT2D eigenvalue weighted by Gasteiger charge is -2.26. The number of rotatable bonds is 3. The topological polar surface area (TPSA) is 80.1 Å². The number of hydrogen-bond acceptors (Lipinski definition) is 5. The minimum absolute atomic E-state index is 0.147. The number of nitrogens with zero attached hydrogens (tertiary/aromatic N) is 2. The first-order chi connectivity index (χ1) is 15.3. The van der Waals surface area contributed by atoms with Crippen molar-refractivity contribution < 1.29 is 22.4 Å². The smallest absolute Gasteiger partial charge is 0.290 e. The molecule has 1 aromatic heterocycles. The molecule has 5 rings (SSSR count). The molecule has 0 saturated carbocycles. The van der Waals surface area contributed by atoms with Gasteiger partial charge in [0.25, 0.3) is 15.9 Å². The van der Waals surface area contributed by atoms with Crippen LogP contribution in [0.2, 0.25) is 0 Å². The quantitative estimate of drug-likeness (QED) is 0.604. The monoisotopic (exact) mass is 454 g/mol. The summed E-state index contributed by atoms with van der Waals surface area (Å²) in [5.41, 5.74) is 4.12. The average molecular weight is 455 g/mol. The van der Waals surface area contributed by atoms with E-state index in [2.05, 4.69) is 0 Å². The van der Waals surface area contributed by atoms with Crippen LogP contribution in [0.15, 0.2) is 39.6 Å². The number of carbonyl (C=O) groups excluding carboxylic acids is 1. The molecule has 2 aliphatic rings. The van der Waals surface area contributed by atoms with Gasteiger partial charge in [0.05, 0.1) is 18.9 Å². The van der Waals surface area contributed by atoms with Gasteiger partial charge in [0, 0.05) is 30.6 Å². The zero-order valence-corrected chi connectivity index (χ0v) is 19.3. The lowest BCUT2D eigenvalue weighted by molar-refractivity contribution is 0.0283. The molecule has 0 radical (unpaired) electrons. The fraction of sp³-hybridized carbons (Fsp3) is 0.375. The second kappa shape index (κ2) is 7.64. The van der Waals surface area contributed by atoms with Gasteiger partial charge >= 0.3 is 0 Å². The van der Waals surface area contributed by atoms with E-state index in [1.807, 2.05) is 44.2 Å². The number of morpholine rings is 1. The van der Waals surface area contributed by atoms with Gasteiger partial charge in [0.2, 0.25) is 0 Å². The molecule has 8 heteroatoms. The second-order valence-electron chi connectivity index (χ2n) is 8.44. The SMILES string of the molecule is Cc1cc2c(C)c(C(=O)N3CCOCC3)oc2c(S(=O)(=O)N2CCc3ccccc32)c1C. The first-order valence-electron chi connectivity index (χ1n) is 10.8. The molecule has 1 fully saturated rings. The number of sulfonamides is 1. The number of aryl methyl sites for hydroxylation is 2. The Bertz CT molecular complexity index is 1340. The molecule has 0 bridgehead atoms. The highest BCUT2D eigenvalue weighted by atomic mass is 32.2. The third kappa shape index (κ3) is 3.12. The fourth-order valence-electron chi connectivity index (χ4n) is 4.64. The Labute approximate surface area is 187 Å². The Morgan fingerprint density at radius 2 is 1.72 bits per heavy atom. The summed E-state index contributed by atoms with van der Waals surface area (Å²) in [7, 11) is -3.89. The molecule has 3 aromatic rings. The predicted molar refractivity (Wildman–Crippen MR) is 122 cm³/mol. The van der Waals surface area contributed by atoms with Gasteiger partial charge in [-0.1, -0.05) is 18.2 Å². The summed E-state index contributed by atoms with van der Waals surface area (Å²) in [5.74, 6) is -0.0302. The number of anilines is 1. The van der Waals surface area contributed by atoms with Crippen LogP contribution < -0.4 is 4.31 Å². The van der Waals surface area contributed by atoms with Crippen molar-refractivity contribution in [3.63, 3.8) is 0 Å². The molecule has 0 unspecified atom stereocenters. The lowest BCUT2D eigenvalue weighted by atomic mass is 10.0. The number of amides is 1. The van der Waals surface area contributed by atoms with E-state index in [-0.39, 0.29) is 22.1 Å². The van der Waals surface area contributed by atoms with E-state index in [0.29, 0.717) is 61.5 Å². The summed E-state index contributed by atoms with van der Waals surface area (Å²) in [6.07, 6.45) is 0.668. The molecule has 0 N–H and O–H groups in total. The van der Waals surface area contributed by atoms with Crippen LogP contribution in [0.5, 0.6) is 0 Å². The van der Waals surface area contributed by atoms with Gasteiger partial charge in [0.15, 0.2) is 11.3 Å². The number of benzene rings is 2. The maximum atomic E-state index is 13.9. The van der Waals surface area contributed by atoms with Crippen molar-refractivity contribution in [1.82, 2.24) is 4.90 Å². The van der Waals surface area contributed by atoms with Crippen LogP contribution in [-0.2, 0) is 21.2 Å². The van der Waals surface area contributed by atoms with Crippen molar-refractivity contribution in [2.45, 2.75) is 32.1 Å². The second-order valence-corrected chi connectivity index (χ2v) is 10.2. The van der Waals surface area contributed by atoms with Crippen LogP contribution in [0.25, 0.3) is 11.0 Å². The van der Waals surface area contributed by atoms with Crippen molar-refractivity contribution >= 4 is 32.6 Å². The molecular formula is C24H26N2O5S. The largest absolute Gasteiger partial charge is 0.449 e. The molecule has 168 valence electrons. The van der Waals surface area contributed by atoms with Crippen molar-refractivity contribution in [1.29, 1.82) is 0 Å². The van der Waals surface area contributed by atoms with Gasteiger partial charge in [-0.2, -0.15) is 0 Å². The van der Waals surface area contributed by atoms with Crippen LogP contribution in [0, 0.1) is 20.8 Å². The maximum Gasteiger partial charge on any atom is 0.290 e. The van der Waals surface area contributed by atoms with Crippen LogP contribution in [0.1, 0.15) is 32.8 Å². The summed E-state index contributed by atoms with van der Waals surface area (Å²) in [6.45, 7) is 7.83. The molecular weight excluding hydrogens is 428 g/mol. The third-order valence-corrected chi connectivity index (χ3v) is 8.54. The number of para-hydroxylation sites is 1. The van der Waals surface area contributed by atoms with Crippen LogP contribution in [-0.4, -0.2) is 52.1 Å². The van der Waals surface area contributed by atoms with E-state index in [0.717, 1.165) is 11.1 Å². The molecule has 2 aliphatic heterocycles.